The van der Waals surface area contributed by atoms with E-state index in [1.807, 2.05) is 24.3 Å². The smallest absolute Gasteiger partial charge is 0.221 e. The van der Waals surface area contributed by atoms with Gasteiger partial charge in [-0.1, -0.05) is 29.2 Å². The standard InChI is InChI=1S/C14H15N5OS2/c1-10(20)16-11-5-4-6-12(9-11)17-13-18-19-14(22-13)21-8-3-2-7-15/h4-6,9H,2-3,8H2,1H3,(H,16,20)(H,17,18). The Morgan fingerprint density at radius 2 is 2.23 bits per heavy atom. The maximum Gasteiger partial charge on any atom is 0.221 e. The van der Waals surface area contributed by atoms with Crippen molar-refractivity contribution >= 4 is 45.5 Å². The molecule has 6 nitrogen and oxygen atoms in total. The zero-order valence-electron chi connectivity index (χ0n) is 12.0. The number of carbonyl (C=O) groups is 1. The molecule has 0 aliphatic carbocycles. The first-order valence-electron chi connectivity index (χ1n) is 6.65. The molecule has 2 rings (SSSR count). The molecule has 0 unspecified atom stereocenters. The summed E-state index contributed by atoms with van der Waals surface area (Å²) in [7, 11) is 0. The molecule has 0 saturated heterocycles. The molecule has 0 bridgehead atoms. The van der Waals surface area contributed by atoms with Crippen LogP contribution in [0.4, 0.5) is 16.5 Å². The molecule has 0 aliphatic rings. The highest BCUT2D eigenvalue weighted by molar-refractivity contribution is 8.01. The molecular weight excluding hydrogens is 318 g/mol. The summed E-state index contributed by atoms with van der Waals surface area (Å²) < 4.78 is 0.874. The van der Waals surface area contributed by atoms with E-state index in [-0.39, 0.29) is 5.91 Å². The number of carbonyl (C=O) groups excluding carboxylic acids is 1. The Hall–Kier alpha value is -2.11. The molecule has 22 heavy (non-hydrogen) atoms. The number of benzene rings is 1. The Morgan fingerprint density at radius 3 is 3.00 bits per heavy atom. The van der Waals surface area contributed by atoms with Crippen molar-refractivity contribution in [2.24, 2.45) is 0 Å². The molecule has 0 fully saturated rings. The van der Waals surface area contributed by atoms with Crippen molar-refractivity contribution in [2.75, 3.05) is 16.4 Å². The zero-order valence-corrected chi connectivity index (χ0v) is 13.6. The Kier molecular flexibility index (Phi) is 6.18. The normalized spacial score (nSPS) is 10.0. The Balaban J connectivity index is 1.92. The summed E-state index contributed by atoms with van der Waals surface area (Å²) >= 11 is 3.07. The van der Waals surface area contributed by atoms with Gasteiger partial charge in [0.25, 0.3) is 0 Å². The minimum absolute atomic E-state index is 0.107. The molecule has 1 aromatic heterocycles. The first-order chi connectivity index (χ1) is 10.7. The Morgan fingerprint density at radius 1 is 1.41 bits per heavy atom. The molecule has 2 aromatic rings. The number of aromatic nitrogens is 2. The fourth-order valence-corrected chi connectivity index (χ4v) is 3.41. The Bertz CT molecular complexity index is 680. The molecule has 0 spiro atoms. The third-order valence-corrected chi connectivity index (χ3v) is 4.56. The van der Waals surface area contributed by atoms with Gasteiger partial charge in [-0.15, -0.1) is 10.2 Å². The fourth-order valence-electron chi connectivity index (χ4n) is 1.63. The third-order valence-electron chi connectivity index (χ3n) is 2.50. The van der Waals surface area contributed by atoms with Crippen molar-refractivity contribution in [3.05, 3.63) is 24.3 Å². The van der Waals surface area contributed by atoms with Gasteiger partial charge in [0.05, 0.1) is 6.07 Å². The molecular formula is C14H15N5OS2. The number of hydrogen-bond acceptors (Lipinski definition) is 7. The topological polar surface area (TPSA) is 90.7 Å². The number of rotatable bonds is 7. The van der Waals surface area contributed by atoms with Gasteiger partial charge in [-0.3, -0.25) is 4.79 Å². The van der Waals surface area contributed by atoms with Crippen LogP contribution in [0.2, 0.25) is 0 Å². The van der Waals surface area contributed by atoms with Gasteiger partial charge in [0, 0.05) is 30.5 Å². The van der Waals surface area contributed by atoms with Gasteiger partial charge in [0.2, 0.25) is 11.0 Å². The monoisotopic (exact) mass is 333 g/mol. The van der Waals surface area contributed by atoms with Gasteiger partial charge in [-0.25, -0.2) is 0 Å². The van der Waals surface area contributed by atoms with Crippen LogP contribution in [-0.2, 0) is 4.79 Å². The number of amides is 1. The lowest BCUT2D eigenvalue weighted by atomic mass is 10.3. The van der Waals surface area contributed by atoms with Gasteiger partial charge in [0.1, 0.15) is 0 Å². The average Bonchev–Trinajstić information content (AvgIpc) is 2.91. The molecule has 0 radical (unpaired) electrons. The molecule has 0 saturated carbocycles. The van der Waals surface area contributed by atoms with Crippen molar-refractivity contribution in [1.82, 2.24) is 10.2 Å². The molecule has 1 amide bonds. The van der Waals surface area contributed by atoms with Crippen LogP contribution in [0.5, 0.6) is 0 Å². The second kappa shape index (κ2) is 8.36. The summed E-state index contributed by atoms with van der Waals surface area (Å²) in [5.74, 6) is 0.754. The zero-order chi connectivity index (χ0) is 15.8. The van der Waals surface area contributed by atoms with Gasteiger partial charge in [-0.2, -0.15) is 5.26 Å². The van der Waals surface area contributed by atoms with Crippen molar-refractivity contribution in [3.63, 3.8) is 0 Å². The molecule has 8 heteroatoms. The van der Waals surface area contributed by atoms with Crippen LogP contribution >= 0.6 is 23.1 Å². The second-order valence-corrected chi connectivity index (χ2v) is 6.69. The number of nitrogens with one attached hydrogen (secondary N) is 2. The lowest BCUT2D eigenvalue weighted by Gasteiger charge is -2.05. The number of nitriles is 1. The van der Waals surface area contributed by atoms with Crippen molar-refractivity contribution < 1.29 is 4.79 Å². The van der Waals surface area contributed by atoms with Crippen LogP contribution in [0.1, 0.15) is 19.8 Å². The largest absolute Gasteiger partial charge is 0.330 e. The average molecular weight is 333 g/mol. The van der Waals surface area contributed by atoms with E-state index >= 15 is 0 Å². The Labute approximate surface area is 137 Å². The maximum atomic E-state index is 11.1. The predicted octanol–water partition coefficient (Wildman–Crippen LogP) is 3.64. The van der Waals surface area contributed by atoms with E-state index in [2.05, 4.69) is 26.9 Å². The molecule has 0 atom stereocenters. The highest BCUT2D eigenvalue weighted by Crippen LogP contribution is 2.28. The molecule has 114 valence electrons. The van der Waals surface area contributed by atoms with Gasteiger partial charge >= 0.3 is 0 Å². The highest BCUT2D eigenvalue weighted by atomic mass is 32.2. The quantitative estimate of drug-likeness (QED) is 0.594. The van der Waals surface area contributed by atoms with E-state index in [1.165, 1.54) is 18.3 Å². The van der Waals surface area contributed by atoms with Crippen molar-refractivity contribution in [1.29, 1.82) is 5.26 Å². The highest BCUT2D eigenvalue weighted by Gasteiger charge is 2.05. The number of thioether (sulfide) groups is 1. The van der Waals surface area contributed by atoms with Gasteiger partial charge < -0.3 is 10.6 Å². The summed E-state index contributed by atoms with van der Waals surface area (Å²) in [6.45, 7) is 1.47. The van der Waals surface area contributed by atoms with Gasteiger partial charge in [0.15, 0.2) is 4.34 Å². The predicted molar refractivity (Wildman–Crippen MR) is 89.5 cm³/mol. The summed E-state index contributed by atoms with van der Waals surface area (Å²) in [4.78, 5) is 11.1. The number of nitrogens with zero attached hydrogens (tertiary/aromatic N) is 3. The summed E-state index contributed by atoms with van der Waals surface area (Å²) in [5.41, 5.74) is 1.57. The first kappa shape index (κ1) is 16.3. The fraction of sp³-hybridized carbons (Fsp3) is 0.286. The van der Waals surface area contributed by atoms with Crippen LogP contribution in [0.3, 0.4) is 0 Å². The number of hydrogen-bond donors (Lipinski definition) is 2. The van der Waals surface area contributed by atoms with Crippen LogP contribution in [0, 0.1) is 11.3 Å². The number of unbranched alkanes of at least 4 members (excludes halogenated alkanes) is 1. The van der Waals surface area contributed by atoms with Crippen molar-refractivity contribution in [3.8, 4) is 6.07 Å². The van der Waals surface area contributed by atoms with E-state index in [1.54, 1.807) is 11.8 Å². The van der Waals surface area contributed by atoms with Crippen LogP contribution < -0.4 is 10.6 Å². The lowest BCUT2D eigenvalue weighted by molar-refractivity contribution is -0.114. The van der Waals surface area contributed by atoms with Gasteiger partial charge in [-0.05, 0) is 24.6 Å². The molecule has 1 heterocycles. The van der Waals surface area contributed by atoms with E-state index < -0.39 is 0 Å². The molecule has 0 aliphatic heterocycles. The summed E-state index contributed by atoms with van der Waals surface area (Å²) in [6.07, 6.45) is 1.41. The van der Waals surface area contributed by atoms with E-state index in [9.17, 15) is 4.79 Å². The van der Waals surface area contributed by atoms with E-state index in [4.69, 9.17) is 5.26 Å². The summed E-state index contributed by atoms with van der Waals surface area (Å²) in [5, 5.41) is 23.3. The van der Waals surface area contributed by atoms with Crippen LogP contribution in [-0.4, -0.2) is 21.9 Å². The third kappa shape index (κ3) is 5.35. The lowest BCUT2D eigenvalue weighted by Crippen LogP contribution is -2.05. The first-order valence-corrected chi connectivity index (χ1v) is 8.45. The minimum Gasteiger partial charge on any atom is -0.330 e. The minimum atomic E-state index is -0.107. The number of anilines is 3. The van der Waals surface area contributed by atoms with E-state index in [0.29, 0.717) is 11.6 Å². The van der Waals surface area contributed by atoms with E-state index in [0.717, 1.165) is 27.9 Å². The molecule has 1 aromatic carbocycles. The second-order valence-electron chi connectivity index (χ2n) is 4.37. The van der Waals surface area contributed by atoms with Crippen molar-refractivity contribution in [2.45, 2.75) is 24.1 Å². The SMILES string of the molecule is CC(=O)Nc1cccc(Nc2nnc(SCCCC#N)s2)c1. The van der Waals surface area contributed by atoms with Crippen LogP contribution in [0.25, 0.3) is 0 Å². The maximum absolute atomic E-state index is 11.1. The summed E-state index contributed by atoms with van der Waals surface area (Å²) in [6, 6.07) is 9.53. The van der Waals surface area contributed by atoms with Crippen LogP contribution in [0.15, 0.2) is 28.6 Å². The molecule has 2 N–H and O–H groups in total.